The number of thiophene rings is 2. The topological polar surface area (TPSA) is 9.23 Å². The highest BCUT2D eigenvalue weighted by atomic mass is 32.1. The molecule has 0 aliphatic carbocycles. The third kappa shape index (κ3) is 5.57. The summed E-state index contributed by atoms with van der Waals surface area (Å²) in [6.45, 7) is 4.20. The first-order valence-corrected chi connectivity index (χ1v) is 11.1. The number of ether oxygens (including phenoxy) is 1. The van der Waals surface area contributed by atoms with E-state index in [0.29, 0.717) is 0 Å². The van der Waals surface area contributed by atoms with Crippen LogP contribution in [0.3, 0.4) is 0 Å². The maximum Gasteiger partial charge on any atom is 0.182 e. The van der Waals surface area contributed by atoms with Crippen molar-refractivity contribution in [2.75, 3.05) is 0 Å². The maximum atomic E-state index is 6.04. The zero-order valence-electron chi connectivity index (χ0n) is 16.5. The molecular formula is C26H22OS2. The van der Waals surface area contributed by atoms with Crippen LogP contribution < -0.4 is 4.74 Å². The van der Waals surface area contributed by atoms with Gasteiger partial charge in [0.05, 0.1) is 0 Å². The quantitative estimate of drug-likeness (QED) is 0.307. The molecule has 0 amide bonds. The molecule has 0 aliphatic heterocycles. The smallest absolute Gasteiger partial charge is 0.182 e. The number of hydrogen-bond acceptors (Lipinski definition) is 3. The fourth-order valence-corrected chi connectivity index (χ4v) is 4.37. The van der Waals surface area contributed by atoms with Crippen molar-refractivity contribution in [1.82, 2.24) is 0 Å². The molecule has 0 atom stereocenters. The van der Waals surface area contributed by atoms with E-state index in [1.807, 2.05) is 12.1 Å². The Morgan fingerprint density at radius 3 is 1.34 bits per heavy atom. The average molecular weight is 415 g/mol. The van der Waals surface area contributed by atoms with Crippen LogP contribution in [0.2, 0.25) is 0 Å². The molecule has 0 spiro atoms. The number of aryl methyl sites for hydroxylation is 2. The summed E-state index contributed by atoms with van der Waals surface area (Å²) in [6, 6.07) is 25.3. The van der Waals surface area contributed by atoms with Gasteiger partial charge in [-0.3, -0.25) is 0 Å². The lowest BCUT2D eigenvalue weighted by atomic mass is 10.1. The van der Waals surface area contributed by atoms with E-state index < -0.39 is 0 Å². The minimum Gasteiger partial charge on any atom is -0.436 e. The average Bonchev–Trinajstić information content (AvgIpc) is 3.37. The van der Waals surface area contributed by atoms with Crippen molar-refractivity contribution in [3.05, 3.63) is 105 Å². The van der Waals surface area contributed by atoms with Gasteiger partial charge in [-0.25, -0.2) is 0 Å². The van der Waals surface area contributed by atoms with Crippen LogP contribution in [0.4, 0.5) is 0 Å². The van der Waals surface area contributed by atoms with Crippen LogP contribution in [0.15, 0.2) is 72.8 Å². The predicted molar refractivity (Wildman–Crippen MR) is 129 cm³/mol. The molecule has 0 radical (unpaired) electrons. The summed E-state index contributed by atoms with van der Waals surface area (Å²) in [5.41, 5.74) is 4.96. The molecule has 0 saturated carbocycles. The van der Waals surface area contributed by atoms with E-state index >= 15 is 0 Å². The summed E-state index contributed by atoms with van der Waals surface area (Å²) in [5, 5.41) is 1.81. The summed E-state index contributed by atoms with van der Waals surface area (Å²) in [7, 11) is 0. The van der Waals surface area contributed by atoms with Gasteiger partial charge in [-0.1, -0.05) is 94.5 Å². The van der Waals surface area contributed by atoms with E-state index in [1.165, 1.54) is 32.0 Å². The first-order chi connectivity index (χ1) is 14.1. The summed E-state index contributed by atoms with van der Waals surface area (Å²) in [6.07, 6.45) is 8.53. The molecule has 0 aliphatic rings. The molecule has 0 unspecified atom stereocenters. The molecule has 4 rings (SSSR count). The Morgan fingerprint density at radius 2 is 0.931 bits per heavy atom. The van der Waals surface area contributed by atoms with Crippen molar-refractivity contribution in [3.63, 3.8) is 0 Å². The molecule has 0 bridgehead atoms. The lowest BCUT2D eigenvalue weighted by Crippen LogP contribution is -1.73. The molecular weight excluding hydrogens is 392 g/mol. The van der Waals surface area contributed by atoms with Crippen LogP contribution >= 0.6 is 22.7 Å². The Kier molecular flexibility index (Phi) is 6.09. The molecule has 3 heteroatoms. The van der Waals surface area contributed by atoms with Crippen LogP contribution in [0.5, 0.6) is 10.1 Å². The molecule has 4 aromatic rings. The van der Waals surface area contributed by atoms with Crippen molar-refractivity contribution < 1.29 is 4.74 Å². The van der Waals surface area contributed by atoms with Crippen LogP contribution in [-0.4, -0.2) is 0 Å². The summed E-state index contributed by atoms with van der Waals surface area (Å²) < 4.78 is 6.04. The maximum absolute atomic E-state index is 6.04. The first kappa shape index (κ1) is 19.4. The van der Waals surface area contributed by atoms with Crippen molar-refractivity contribution >= 4 is 47.0 Å². The second-order valence-electron chi connectivity index (χ2n) is 6.90. The lowest BCUT2D eigenvalue weighted by molar-refractivity contribution is 0.511. The van der Waals surface area contributed by atoms with Gasteiger partial charge in [0.2, 0.25) is 0 Å². The van der Waals surface area contributed by atoms with Gasteiger partial charge in [-0.2, -0.15) is 0 Å². The Balaban J connectivity index is 1.37. The summed E-state index contributed by atoms with van der Waals surface area (Å²) >= 11 is 3.30. The summed E-state index contributed by atoms with van der Waals surface area (Å²) in [5.74, 6) is 0. The minimum atomic E-state index is 0.907. The molecule has 2 heterocycles. The van der Waals surface area contributed by atoms with Gasteiger partial charge in [0, 0.05) is 9.75 Å². The molecule has 144 valence electrons. The van der Waals surface area contributed by atoms with Gasteiger partial charge in [0.1, 0.15) is 0 Å². The zero-order valence-corrected chi connectivity index (χ0v) is 18.1. The molecule has 2 aromatic carbocycles. The molecule has 0 fully saturated rings. The third-order valence-corrected chi connectivity index (χ3v) is 6.30. The van der Waals surface area contributed by atoms with Crippen molar-refractivity contribution in [2.45, 2.75) is 13.8 Å². The second-order valence-corrected chi connectivity index (χ2v) is 9.06. The van der Waals surface area contributed by atoms with E-state index in [9.17, 15) is 0 Å². The molecule has 29 heavy (non-hydrogen) atoms. The SMILES string of the molecule is Cc1ccc(C=Cc2ccc(Oc3ccc(C=Cc4ccc(C)cc4)s3)s2)cc1. The highest BCUT2D eigenvalue weighted by Gasteiger charge is 2.04. The van der Waals surface area contributed by atoms with E-state index in [-0.39, 0.29) is 0 Å². The molecule has 1 nitrogen and oxygen atoms in total. The largest absolute Gasteiger partial charge is 0.436 e. The molecule has 0 N–H and O–H groups in total. The van der Waals surface area contributed by atoms with Crippen molar-refractivity contribution in [3.8, 4) is 10.1 Å². The van der Waals surface area contributed by atoms with Crippen LogP contribution in [0.1, 0.15) is 32.0 Å². The van der Waals surface area contributed by atoms with Gasteiger partial charge in [0.25, 0.3) is 0 Å². The van der Waals surface area contributed by atoms with Gasteiger partial charge in [-0.05, 0) is 61.4 Å². The summed E-state index contributed by atoms with van der Waals surface area (Å²) in [4.78, 5) is 2.35. The normalized spacial score (nSPS) is 11.5. The standard InChI is InChI=1S/C26H22OS2/c1-19-3-7-21(8-4-19)11-13-23-15-17-25(28-23)27-26-18-16-24(29-26)14-12-22-9-5-20(2)6-10-22/h3-18H,1-2H3. The Morgan fingerprint density at radius 1 is 0.517 bits per heavy atom. The van der Waals surface area contributed by atoms with Crippen molar-refractivity contribution in [1.29, 1.82) is 0 Å². The number of hydrogen-bond donors (Lipinski definition) is 0. The monoisotopic (exact) mass is 414 g/mol. The van der Waals surface area contributed by atoms with Gasteiger partial charge in [0.15, 0.2) is 10.1 Å². The van der Waals surface area contributed by atoms with E-state index in [1.54, 1.807) is 22.7 Å². The number of benzene rings is 2. The van der Waals surface area contributed by atoms with Crippen LogP contribution in [0, 0.1) is 13.8 Å². The van der Waals surface area contributed by atoms with Crippen LogP contribution in [0.25, 0.3) is 24.3 Å². The lowest BCUT2D eigenvalue weighted by Gasteiger charge is -1.97. The predicted octanol–water partition coefficient (Wildman–Crippen LogP) is 8.56. The van der Waals surface area contributed by atoms with Crippen LogP contribution in [-0.2, 0) is 0 Å². The van der Waals surface area contributed by atoms with Gasteiger partial charge < -0.3 is 4.74 Å². The number of rotatable bonds is 6. The van der Waals surface area contributed by atoms with Gasteiger partial charge in [-0.15, -0.1) is 0 Å². The Bertz CT molecular complexity index is 1030. The Labute approximate surface area is 180 Å². The van der Waals surface area contributed by atoms with E-state index in [0.717, 1.165) is 10.1 Å². The fourth-order valence-electron chi connectivity index (χ4n) is 2.77. The highest BCUT2D eigenvalue weighted by Crippen LogP contribution is 2.35. The van der Waals surface area contributed by atoms with Crippen molar-refractivity contribution in [2.24, 2.45) is 0 Å². The Hall–Kier alpha value is -2.88. The van der Waals surface area contributed by atoms with E-state index in [2.05, 4.69) is 98.8 Å². The van der Waals surface area contributed by atoms with E-state index in [4.69, 9.17) is 4.74 Å². The second kappa shape index (κ2) is 9.08. The highest BCUT2D eigenvalue weighted by molar-refractivity contribution is 7.16. The zero-order chi connectivity index (χ0) is 20.1. The first-order valence-electron chi connectivity index (χ1n) is 9.51. The fraction of sp³-hybridized carbons (Fsp3) is 0.0769. The molecule has 0 saturated heterocycles. The minimum absolute atomic E-state index is 0.907. The van der Waals surface area contributed by atoms with Gasteiger partial charge >= 0.3 is 0 Å². The molecule has 2 aromatic heterocycles. The third-order valence-electron chi connectivity index (χ3n) is 4.44.